The van der Waals surface area contributed by atoms with Crippen molar-refractivity contribution in [1.29, 1.82) is 0 Å². The highest BCUT2D eigenvalue weighted by molar-refractivity contribution is 6.22. The molecule has 1 aliphatic rings. The maximum absolute atomic E-state index is 13.1. The predicted molar refractivity (Wildman–Crippen MR) is 111 cm³/mol. The maximum atomic E-state index is 13.1. The molecule has 4 aromatic rings. The molecule has 0 aliphatic carbocycles. The van der Waals surface area contributed by atoms with Crippen LogP contribution in [0.2, 0.25) is 0 Å². The van der Waals surface area contributed by atoms with E-state index in [-0.39, 0.29) is 23.3 Å². The SMILES string of the molecule is C[C@@H](c1ccccc1)N1C(=O)c2ccc(-c3nc4ccccc4c(=O)o3)cc2C1=O. The van der Waals surface area contributed by atoms with Gasteiger partial charge in [-0.3, -0.25) is 14.5 Å². The van der Waals surface area contributed by atoms with Gasteiger partial charge in [0.2, 0.25) is 5.89 Å². The molecule has 0 saturated heterocycles. The van der Waals surface area contributed by atoms with Crippen molar-refractivity contribution in [3.8, 4) is 11.5 Å². The van der Waals surface area contributed by atoms with Gasteiger partial charge in [0.1, 0.15) is 0 Å². The monoisotopic (exact) mass is 396 g/mol. The molecule has 1 atom stereocenters. The van der Waals surface area contributed by atoms with E-state index in [0.29, 0.717) is 22.0 Å². The molecule has 0 bridgehead atoms. The van der Waals surface area contributed by atoms with Crippen molar-refractivity contribution < 1.29 is 14.0 Å². The second kappa shape index (κ2) is 6.77. The molecule has 0 saturated carbocycles. The van der Waals surface area contributed by atoms with Crippen LogP contribution in [0.15, 0.2) is 82.0 Å². The van der Waals surface area contributed by atoms with E-state index in [4.69, 9.17) is 4.42 Å². The summed E-state index contributed by atoms with van der Waals surface area (Å²) in [6.07, 6.45) is 0. The summed E-state index contributed by atoms with van der Waals surface area (Å²) in [5.74, 6) is -0.613. The number of hydrogen-bond donors (Lipinski definition) is 0. The Morgan fingerprint density at radius 2 is 1.53 bits per heavy atom. The van der Waals surface area contributed by atoms with Crippen LogP contribution in [0.25, 0.3) is 22.4 Å². The summed E-state index contributed by atoms with van der Waals surface area (Å²) in [5, 5.41) is 0.386. The molecule has 6 nitrogen and oxygen atoms in total. The number of rotatable bonds is 3. The van der Waals surface area contributed by atoms with E-state index in [9.17, 15) is 14.4 Å². The van der Waals surface area contributed by atoms with Gasteiger partial charge in [-0.15, -0.1) is 0 Å². The van der Waals surface area contributed by atoms with Gasteiger partial charge in [-0.1, -0.05) is 42.5 Å². The molecule has 0 radical (unpaired) electrons. The van der Waals surface area contributed by atoms with E-state index in [1.165, 1.54) is 4.90 Å². The third kappa shape index (κ3) is 2.73. The first kappa shape index (κ1) is 18.0. The predicted octanol–water partition coefficient (Wildman–Crippen LogP) is 4.21. The number of hydrogen-bond acceptors (Lipinski definition) is 5. The Hall–Kier alpha value is -4.06. The molecule has 6 heteroatoms. The van der Waals surface area contributed by atoms with E-state index in [1.807, 2.05) is 37.3 Å². The van der Waals surface area contributed by atoms with Gasteiger partial charge in [0.25, 0.3) is 11.8 Å². The molecule has 0 unspecified atom stereocenters. The van der Waals surface area contributed by atoms with Crippen molar-refractivity contribution in [2.75, 3.05) is 0 Å². The number of imide groups is 1. The minimum Gasteiger partial charge on any atom is -0.403 e. The average molecular weight is 396 g/mol. The molecule has 30 heavy (non-hydrogen) atoms. The van der Waals surface area contributed by atoms with Crippen molar-refractivity contribution in [3.63, 3.8) is 0 Å². The summed E-state index contributed by atoms with van der Waals surface area (Å²) in [4.78, 5) is 43.9. The second-order valence-corrected chi connectivity index (χ2v) is 7.15. The minimum atomic E-state index is -0.502. The zero-order valence-electron chi connectivity index (χ0n) is 16.0. The number of amides is 2. The Labute approximate surface area is 171 Å². The van der Waals surface area contributed by atoms with Crippen LogP contribution in [-0.4, -0.2) is 21.7 Å². The third-order valence-corrected chi connectivity index (χ3v) is 5.37. The van der Waals surface area contributed by atoms with Gasteiger partial charge in [-0.05, 0) is 42.8 Å². The van der Waals surface area contributed by atoms with E-state index in [1.54, 1.807) is 42.5 Å². The van der Waals surface area contributed by atoms with Crippen LogP contribution < -0.4 is 5.63 Å². The summed E-state index contributed by atoms with van der Waals surface area (Å²) in [6, 6.07) is 20.7. The number of nitrogens with zero attached hydrogens (tertiary/aromatic N) is 2. The van der Waals surface area contributed by atoms with Crippen LogP contribution in [0.5, 0.6) is 0 Å². The first-order valence-corrected chi connectivity index (χ1v) is 9.52. The van der Waals surface area contributed by atoms with Gasteiger partial charge in [0.05, 0.1) is 28.1 Å². The van der Waals surface area contributed by atoms with Crippen LogP contribution in [0, 0.1) is 0 Å². The molecule has 2 amide bonds. The second-order valence-electron chi connectivity index (χ2n) is 7.15. The molecule has 0 spiro atoms. The minimum absolute atomic E-state index is 0.108. The van der Waals surface area contributed by atoms with E-state index >= 15 is 0 Å². The summed E-state index contributed by atoms with van der Waals surface area (Å²) in [7, 11) is 0. The van der Waals surface area contributed by atoms with Gasteiger partial charge in [-0.2, -0.15) is 0 Å². The van der Waals surface area contributed by atoms with E-state index < -0.39 is 11.7 Å². The normalized spacial score (nSPS) is 14.2. The van der Waals surface area contributed by atoms with Crippen molar-refractivity contribution in [1.82, 2.24) is 9.88 Å². The summed E-state index contributed by atoms with van der Waals surface area (Å²) in [6.45, 7) is 1.82. The maximum Gasteiger partial charge on any atom is 0.347 e. The van der Waals surface area contributed by atoms with Crippen molar-refractivity contribution in [3.05, 3.63) is 99.9 Å². The molecular formula is C24H16N2O4. The van der Waals surface area contributed by atoms with E-state index in [2.05, 4.69) is 4.98 Å². The zero-order chi connectivity index (χ0) is 20.8. The number of carbonyl (C=O) groups is 2. The Kier molecular flexibility index (Phi) is 4.06. The van der Waals surface area contributed by atoms with Crippen molar-refractivity contribution in [2.24, 2.45) is 0 Å². The molecule has 1 aliphatic heterocycles. The summed E-state index contributed by atoms with van der Waals surface area (Å²) < 4.78 is 5.37. The average Bonchev–Trinajstić information content (AvgIpc) is 3.03. The Balaban J connectivity index is 1.57. The molecule has 3 aromatic carbocycles. The van der Waals surface area contributed by atoms with E-state index in [0.717, 1.165) is 5.56 Å². The first-order valence-electron chi connectivity index (χ1n) is 9.52. The van der Waals surface area contributed by atoms with Gasteiger partial charge in [0.15, 0.2) is 0 Å². The van der Waals surface area contributed by atoms with Gasteiger partial charge in [-0.25, -0.2) is 9.78 Å². The molecule has 0 fully saturated rings. The topological polar surface area (TPSA) is 80.5 Å². The number of benzene rings is 3. The number of fused-ring (bicyclic) bond motifs is 2. The number of carbonyl (C=O) groups excluding carboxylic acids is 2. The highest BCUT2D eigenvalue weighted by Crippen LogP contribution is 2.33. The molecule has 2 heterocycles. The Morgan fingerprint density at radius 3 is 2.33 bits per heavy atom. The van der Waals surface area contributed by atoms with Gasteiger partial charge in [0, 0.05) is 5.56 Å². The smallest absolute Gasteiger partial charge is 0.347 e. The standard InChI is InChI=1S/C24H16N2O4/c1-14(15-7-3-2-4-8-15)26-22(27)17-12-11-16(13-19(17)23(26)28)21-25-20-10-6-5-9-18(20)24(29)30-21/h2-14H,1H3/t14-/m0/s1. The molecule has 1 aromatic heterocycles. The lowest BCUT2D eigenvalue weighted by molar-refractivity contribution is 0.0595. The lowest BCUT2D eigenvalue weighted by Gasteiger charge is -2.22. The lowest BCUT2D eigenvalue weighted by atomic mass is 10.1. The molecule has 146 valence electrons. The number of aromatic nitrogens is 1. The fourth-order valence-corrected chi connectivity index (χ4v) is 3.77. The molecular weight excluding hydrogens is 380 g/mol. The van der Waals surface area contributed by atoms with Crippen LogP contribution in [-0.2, 0) is 0 Å². The summed E-state index contributed by atoms with van der Waals surface area (Å²) in [5.41, 5.74) is 1.94. The van der Waals surface area contributed by atoms with Crippen LogP contribution in [0.1, 0.15) is 39.2 Å². The van der Waals surface area contributed by atoms with Crippen LogP contribution >= 0.6 is 0 Å². The highest BCUT2D eigenvalue weighted by Gasteiger charge is 2.39. The number of para-hydroxylation sites is 1. The fourth-order valence-electron chi connectivity index (χ4n) is 3.77. The highest BCUT2D eigenvalue weighted by atomic mass is 16.4. The zero-order valence-corrected chi connectivity index (χ0v) is 16.0. The van der Waals surface area contributed by atoms with Gasteiger partial charge >= 0.3 is 5.63 Å². The lowest BCUT2D eigenvalue weighted by Crippen LogP contribution is -2.32. The molecule has 5 rings (SSSR count). The first-order chi connectivity index (χ1) is 14.5. The summed E-state index contributed by atoms with van der Waals surface area (Å²) >= 11 is 0. The quantitative estimate of drug-likeness (QED) is 0.485. The fraction of sp³-hybridized carbons (Fsp3) is 0.0833. The van der Waals surface area contributed by atoms with Crippen molar-refractivity contribution in [2.45, 2.75) is 13.0 Å². The van der Waals surface area contributed by atoms with Gasteiger partial charge < -0.3 is 4.42 Å². The largest absolute Gasteiger partial charge is 0.403 e. The van der Waals surface area contributed by atoms with Crippen LogP contribution in [0.3, 0.4) is 0 Å². The van der Waals surface area contributed by atoms with Crippen molar-refractivity contribution >= 4 is 22.7 Å². The third-order valence-electron chi connectivity index (χ3n) is 5.37. The Morgan fingerprint density at radius 1 is 0.833 bits per heavy atom. The molecule has 0 N–H and O–H groups in total. The Bertz CT molecular complexity index is 1380. The van der Waals surface area contributed by atoms with Crippen LogP contribution in [0.4, 0.5) is 0 Å².